The van der Waals surface area contributed by atoms with Crippen molar-refractivity contribution in [1.29, 1.82) is 0 Å². The molecule has 0 amide bonds. The molecule has 5 heteroatoms. The van der Waals surface area contributed by atoms with Gasteiger partial charge in [0.25, 0.3) is 0 Å². The summed E-state index contributed by atoms with van der Waals surface area (Å²) in [6, 6.07) is 0.233. The van der Waals surface area contributed by atoms with E-state index in [4.69, 9.17) is 9.79 Å². The first-order valence-corrected chi connectivity index (χ1v) is 7.25. The molecule has 0 fully saturated rings. The summed E-state index contributed by atoms with van der Waals surface area (Å²) in [5.41, 5.74) is 0. The van der Waals surface area contributed by atoms with E-state index in [1.807, 2.05) is 20.9 Å². The maximum Gasteiger partial charge on any atom is 0.379 e. The van der Waals surface area contributed by atoms with Crippen molar-refractivity contribution >= 4 is 7.60 Å². The highest BCUT2D eigenvalue weighted by Gasteiger charge is 2.33. The molecule has 0 aliphatic carbocycles. The Bertz CT molecular complexity index is 237. The second-order valence-corrected chi connectivity index (χ2v) is 6.90. The van der Waals surface area contributed by atoms with Crippen molar-refractivity contribution in [2.45, 2.75) is 40.2 Å². The minimum Gasteiger partial charge on any atom is -0.321 e. The van der Waals surface area contributed by atoms with E-state index >= 15 is 0 Å². The van der Waals surface area contributed by atoms with Crippen LogP contribution in [0.4, 0.5) is 0 Å². The smallest absolute Gasteiger partial charge is 0.321 e. The van der Waals surface area contributed by atoms with Crippen molar-refractivity contribution < 1.29 is 18.8 Å². The van der Waals surface area contributed by atoms with Crippen LogP contribution in [-0.2, 0) is 4.57 Å². The molecular formula is C10H25NO3P+. The van der Waals surface area contributed by atoms with Gasteiger partial charge in [0.1, 0.15) is 0 Å². The lowest BCUT2D eigenvalue weighted by Crippen LogP contribution is -2.51. The second-order valence-electron chi connectivity index (χ2n) is 5.29. The quantitative estimate of drug-likeness (QED) is 0.550. The van der Waals surface area contributed by atoms with Gasteiger partial charge in [0.05, 0.1) is 19.6 Å². The molecule has 0 saturated carbocycles. The zero-order valence-electron chi connectivity index (χ0n) is 10.5. The van der Waals surface area contributed by atoms with Crippen LogP contribution in [0.5, 0.6) is 0 Å². The van der Waals surface area contributed by atoms with Crippen LogP contribution >= 0.6 is 7.60 Å². The van der Waals surface area contributed by atoms with Crippen LogP contribution in [0.2, 0.25) is 0 Å². The number of rotatable bonds is 6. The lowest BCUT2D eigenvalue weighted by Gasteiger charge is -2.38. The Labute approximate surface area is 93.0 Å². The van der Waals surface area contributed by atoms with E-state index in [1.165, 1.54) is 0 Å². The zero-order valence-corrected chi connectivity index (χ0v) is 11.4. The molecule has 0 aromatic rings. The molecule has 0 aromatic heterocycles. The number of hydrogen-bond acceptors (Lipinski definition) is 1. The first-order chi connectivity index (χ1) is 6.57. The molecule has 0 aromatic carbocycles. The summed E-state index contributed by atoms with van der Waals surface area (Å²) in [5.74, 6) is 0.568. The van der Waals surface area contributed by atoms with Crippen LogP contribution in [0.3, 0.4) is 0 Å². The maximum atomic E-state index is 11.1. The van der Waals surface area contributed by atoms with Crippen LogP contribution in [0.15, 0.2) is 0 Å². The third kappa shape index (κ3) is 6.31. The van der Waals surface area contributed by atoms with Gasteiger partial charge in [0.2, 0.25) is 0 Å². The molecule has 92 valence electrons. The normalized spacial score (nSPS) is 17.1. The highest BCUT2D eigenvalue weighted by atomic mass is 31.2. The van der Waals surface area contributed by atoms with E-state index in [-0.39, 0.29) is 12.3 Å². The van der Waals surface area contributed by atoms with Gasteiger partial charge in [-0.25, -0.2) is 0 Å². The van der Waals surface area contributed by atoms with Gasteiger partial charge in [-0.1, -0.05) is 13.8 Å². The molecule has 15 heavy (non-hydrogen) atoms. The van der Waals surface area contributed by atoms with Crippen LogP contribution in [-0.4, -0.2) is 40.2 Å². The minimum atomic E-state index is -3.93. The lowest BCUT2D eigenvalue weighted by molar-refractivity contribution is -0.920. The van der Waals surface area contributed by atoms with Crippen molar-refractivity contribution in [2.75, 3.05) is 19.9 Å². The Hall–Kier alpha value is 0.110. The van der Waals surface area contributed by atoms with E-state index in [1.54, 1.807) is 0 Å². The van der Waals surface area contributed by atoms with E-state index in [0.717, 1.165) is 13.0 Å². The Balaban J connectivity index is 4.53. The maximum absolute atomic E-state index is 11.1. The fraction of sp³-hybridized carbons (Fsp3) is 1.00. The standard InChI is InChI=1S/C10H24NO3P/c1-9(2)6-7-11(5,10(3)4)8-15(12,13)14/h9-10H,6-8H2,1-5H3,(H-,12,13,14)/p+1. The predicted octanol–water partition coefficient (Wildman–Crippen LogP) is 2.02. The van der Waals surface area contributed by atoms with Crippen LogP contribution < -0.4 is 0 Å². The van der Waals surface area contributed by atoms with Gasteiger partial charge in [0, 0.05) is 0 Å². The number of quaternary nitrogens is 1. The van der Waals surface area contributed by atoms with E-state index < -0.39 is 7.60 Å². The molecule has 0 radical (unpaired) electrons. The molecule has 0 aliphatic heterocycles. The summed E-state index contributed by atoms with van der Waals surface area (Å²) in [4.78, 5) is 18.1. The molecule has 0 saturated heterocycles. The average Bonchev–Trinajstić information content (AvgIpc) is 1.97. The first-order valence-electron chi connectivity index (χ1n) is 5.45. The number of hydrogen-bond donors (Lipinski definition) is 2. The van der Waals surface area contributed by atoms with Gasteiger partial charge in [0.15, 0.2) is 6.29 Å². The molecule has 0 rings (SSSR count). The SMILES string of the molecule is CC(C)CC[N+](C)(CP(=O)(O)O)C(C)C. The minimum absolute atomic E-state index is 0.0581. The Kier molecular flexibility index (Phi) is 5.48. The predicted molar refractivity (Wildman–Crippen MR) is 62.6 cm³/mol. The summed E-state index contributed by atoms with van der Waals surface area (Å²) in [7, 11) is -2.01. The van der Waals surface area contributed by atoms with Crippen molar-refractivity contribution in [2.24, 2.45) is 5.92 Å². The summed E-state index contributed by atoms with van der Waals surface area (Å²) in [6.45, 7) is 9.09. The van der Waals surface area contributed by atoms with Gasteiger partial charge in [-0.3, -0.25) is 4.57 Å². The average molecular weight is 238 g/mol. The zero-order chi connectivity index (χ0) is 12.3. The third-order valence-corrected chi connectivity index (χ3v) is 3.99. The molecule has 0 heterocycles. The summed E-state index contributed by atoms with van der Waals surface area (Å²) < 4.78 is 11.5. The second kappa shape index (κ2) is 5.44. The largest absolute Gasteiger partial charge is 0.379 e. The monoisotopic (exact) mass is 238 g/mol. The van der Waals surface area contributed by atoms with Crippen molar-refractivity contribution in [3.8, 4) is 0 Å². The van der Waals surface area contributed by atoms with Gasteiger partial charge in [-0.15, -0.1) is 0 Å². The van der Waals surface area contributed by atoms with Crippen LogP contribution in [0, 0.1) is 5.92 Å². The van der Waals surface area contributed by atoms with E-state index in [2.05, 4.69) is 13.8 Å². The summed E-state index contributed by atoms with van der Waals surface area (Å²) >= 11 is 0. The van der Waals surface area contributed by atoms with Gasteiger partial charge in [-0.2, -0.15) is 0 Å². The molecular weight excluding hydrogens is 213 g/mol. The van der Waals surface area contributed by atoms with Crippen molar-refractivity contribution in [3.63, 3.8) is 0 Å². The van der Waals surface area contributed by atoms with Crippen molar-refractivity contribution in [3.05, 3.63) is 0 Å². The highest BCUT2D eigenvalue weighted by molar-refractivity contribution is 7.51. The first kappa shape index (κ1) is 15.1. The molecule has 2 N–H and O–H groups in total. The summed E-state index contributed by atoms with van der Waals surface area (Å²) in [6.07, 6.45) is 0.937. The van der Waals surface area contributed by atoms with Crippen LogP contribution in [0.1, 0.15) is 34.1 Å². The molecule has 0 bridgehead atoms. The fourth-order valence-electron chi connectivity index (χ4n) is 1.47. The number of nitrogens with zero attached hydrogens (tertiary/aromatic N) is 1. The molecule has 0 aliphatic rings. The Morgan fingerprint density at radius 1 is 1.20 bits per heavy atom. The molecule has 1 atom stereocenters. The molecule has 0 spiro atoms. The fourth-order valence-corrected chi connectivity index (χ4v) is 2.78. The van der Waals surface area contributed by atoms with Crippen molar-refractivity contribution in [1.82, 2.24) is 0 Å². The highest BCUT2D eigenvalue weighted by Crippen LogP contribution is 2.38. The van der Waals surface area contributed by atoms with E-state index in [0.29, 0.717) is 10.4 Å². The topological polar surface area (TPSA) is 57.5 Å². The van der Waals surface area contributed by atoms with E-state index in [9.17, 15) is 4.57 Å². The Morgan fingerprint density at radius 3 is 1.93 bits per heavy atom. The molecule has 1 unspecified atom stereocenters. The summed E-state index contributed by atoms with van der Waals surface area (Å²) in [5, 5.41) is 0. The van der Waals surface area contributed by atoms with Crippen LogP contribution in [0.25, 0.3) is 0 Å². The lowest BCUT2D eigenvalue weighted by atomic mass is 10.1. The third-order valence-electron chi connectivity index (χ3n) is 2.97. The van der Waals surface area contributed by atoms with Gasteiger partial charge in [-0.05, 0) is 26.2 Å². The van der Waals surface area contributed by atoms with Gasteiger partial charge >= 0.3 is 7.60 Å². The van der Waals surface area contributed by atoms with Gasteiger partial charge < -0.3 is 14.3 Å². The Morgan fingerprint density at radius 2 is 1.67 bits per heavy atom. The molecule has 4 nitrogen and oxygen atoms in total.